The van der Waals surface area contributed by atoms with Crippen LogP contribution in [0.2, 0.25) is 0 Å². The highest BCUT2D eigenvalue weighted by Gasteiger charge is 2.14. The number of benzene rings is 1. The maximum atomic E-state index is 5.92. The van der Waals surface area contributed by atoms with E-state index in [9.17, 15) is 0 Å². The number of nitrogens with two attached hydrogens (primary N) is 1. The number of fused-ring (bicyclic) bond motifs is 1. The number of nitrogen functional groups attached to an aromatic ring is 1. The molecule has 3 heteroatoms. The summed E-state index contributed by atoms with van der Waals surface area (Å²) in [4.78, 5) is 2.13. The van der Waals surface area contributed by atoms with Crippen molar-refractivity contribution < 1.29 is 4.68 Å². The molecular formula is C13H18N3+. The second-order valence-corrected chi connectivity index (χ2v) is 4.40. The quantitative estimate of drug-likeness (QED) is 0.579. The smallest absolute Gasteiger partial charge is 0.216 e. The molecule has 0 atom stereocenters. The van der Waals surface area contributed by atoms with Gasteiger partial charge in [-0.05, 0) is 19.1 Å². The molecule has 0 aliphatic rings. The van der Waals surface area contributed by atoms with Crippen LogP contribution in [0, 0.1) is 13.8 Å². The molecule has 0 unspecified atom stereocenters. The Labute approximate surface area is 96.1 Å². The molecule has 0 saturated heterocycles. The summed E-state index contributed by atoms with van der Waals surface area (Å²) in [5.74, 6) is 5.92. The minimum Gasteiger partial charge on any atom is -0.377 e. The Balaban J connectivity index is 2.93. The molecule has 2 rings (SSSR count). The van der Waals surface area contributed by atoms with E-state index in [0.29, 0.717) is 0 Å². The van der Waals surface area contributed by atoms with Crippen LogP contribution in [0.5, 0.6) is 0 Å². The Bertz CT molecular complexity index is 544. The minimum absolute atomic E-state index is 1.09. The first-order valence-corrected chi connectivity index (χ1v) is 5.39. The van der Waals surface area contributed by atoms with E-state index in [4.69, 9.17) is 5.84 Å². The van der Waals surface area contributed by atoms with Crippen molar-refractivity contribution in [2.75, 3.05) is 24.8 Å². The number of rotatable bonds is 1. The van der Waals surface area contributed by atoms with Gasteiger partial charge in [0.25, 0.3) is 0 Å². The van der Waals surface area contributed by atoms with Crippen LogP contribution in [0.15, 0.2) is 24.4 Å². The fraction of sp³-hybridized carbons (Fsp3) is 0.308. The van der Waals surface area contributed by atoms with Crippen LogP contribution in [0.3, 0.4) is 0 Å². The van der Waals surface area contributed by atoms with Gasteiger partial charge in [-0.3, -0.25) is 0 Å². The average Bonchev–Trinajstić information content (AvgIpc) is 2.25. The largest absolute Gasteiger partial charge is 0.377 e. The third kappa shape index (κ3) is 1.48. The molecule has 84 valence electrons. The van der Waals surface area contributed by atoms with Gasteiger partial charge in [0.15, 0.2) is 0 Å². The lowest BCUT2D eigenvalue weighted by atomic mass is 10.0. The second-order valence-electron chi connectivity index (χ2n) is 4.40. The topological polar surface area (TPSA) is 33.1 Å². The summed E-state index contributed by atoms with van der Waals surface area (Å²) in [5.41, 5.74) is 3.52. The number of anilines is 1. The molecule has 0 amide bonds. The number of pyridine rings is 1. The molecule has 0 spiro atoms. The zero-order valence-corrected chi connectivity index (χ0v) is 10.3. The van der Waals surface area contributed by atoms with Gasteiger partial charge < -0.3 is 4.90 Å². The maximum Gasteiger partial charge on any atom is 0.216 e. The average molecular weight is 216 g/mol. The van der Waals surface area contributed by atoms with Crippen molar-refractivity contribution in [1.29, 1.82) is 0 Å². The Morgan fingerprint density at radius 1 is 1.19 bits per heavy atom. The van der Waals surface area contributed by atoms with Crippen molar-refractivity contribution in [2.24, 2.45) is 0 Å². The SMILES string of the molecule is Cc1c[n+](N)c(C)c2cccc(N(C)C)c12. The van der Waals surface area contributed by atoms with Gasteiger partial charge >= 0.3 is 0 Å². The molecule has 1 heterocycles. The van der Waals surface area contributed by atoms with Crippen LogP contribution in [0.4, 0.5) is 5.69 Å². The fourth-order valence-electron chi connectivity index (χ4n) is 2.14. The third-order valence-corrected chi connectivity index (χ3v) is 3.03. The number of aryl methyl sites for hydroxylation is 2. The van der Waals surface area contributed by atoms with Crippen LogP contribution in [0.1, 0.15) is 11.3 Å². The summed E-state index contributed by atoms with van der Waals surface area (Å²) >= 11 is 0. The zero-order chi connectivity index (χ0) is 11.9. The van der Waals surface area contributed by atoms with Gasteiger partial charge in [-0.2, -0.15) is 0 Å². The first-order chi connectivity index (χ1) is 7.52. The number of nitrogens with zero attached hydrogens (tertiary/aromatic N) is 2. The molecule has 0 saturated carbocycles. The number of hydrogen-bond acceptors (Lipinski definition) is 2. The Kier molecular flexibility index (Phi) is 2.46. The van der Waals surface area contributed by atoms with E-state index in [0.717, 1.165) is 5.69 Å². The Morgan fingerprint density at radius 2 is 1.88 bits per heavy atom. The van der Waals surface area contributed by atoms with E-state index in [2.05, 4.69) is 44.1 Å². The van der Waals surface area contributed by atoms with Gasteiger partial charge in [0, 0.05) is 37.7 Å². The van der Waals surface area contributed by atoms with E-state index in [-0.39, 0.29) is 0 Å². The normalized spacial score (nSPS) is 10.8. The van der Waals surface area contributed by atoms with Crippen LogP contribution < -0.4 is 15.4 Å². The highest BCUT2D eigenvalue weighted by atomic mass is 15.3. The van der Waals surface area contributed by atoms with E-state index in [1.807, 2.05) is 13.1 Å². The Hall–Kier alpha value is -1.77. The van der Waals surface area contributed by atoms with Crippen molar-refractivity contribution in [3.63, 3.8) is 0 Å². The zero-order valence-electron chi connectivity index (χ0n) is 10.3. The van der Waals surface area contributed by atoms with E-state index in [1.165, 1.54) is 22.0 Å². The van der Waals surface area contributed by atoms with Crippen molar-refractivity contribution in [3.05, 3.63) is 35.7 Å². The molecule has 2 N–H and O–H groups in total. The van der Waals surface area contributed by atoms with E-state index >= 15 is 0 Å². The lowest BCUT2D eigenvalue weighted by molar-refractivity contribution is -0.644. The van der Waals surface area contributed by atoms with Gasteiger partial charge in [0.05, 0.1) is 5.39 Å². The Morgan fingerprint density at radius 3 is 2.50 bits per heavy atom. The summed E-state index contributed by atoms with van der Waals surface area (Å²) in [6.45, 7) is 4.14. The number of aromatic nitrogens is 1. The molecule has 0 aliphatic heterocycles. The van der Waals surface area contributed by atoms with Gasteiger partial charge in [0.2, 0.25) is 11.9 Å². The standard InChI is InChI=1S/C13H18N3/c1-9-8-16(14)10(2)11-6-5-7-12(13(9)11)15(3)4/h5-8H,14H2,1-4H3/q+1. The number of hydrogen-bond donors (Lipinski definition) is 1. The predicted molar refractivity (Wildman–Crippen MR) is 68.1 cm³/mol. The second kappa shape index (κ2) is 3.67. The summed E-state index contributed by atoms with van der Waals surface area (Å²) in [5, 5.41) is 2.50. The van der Waals surface area contributed by atoms with Crippen molar-refractivity contribution in [3.8, 4) is 0 Å². The first kappa shape index (κ1) is 10.7. The summed E-state index contributed by atoms with van der Waals surface area (Å²) in [7, 11) is 4.13. The summed E-state index contributed by atoms with van der Waals surface area (Å²) in [6, 6.07) is 6.33. The van der Waals surface area contributed by atoms with Crippen molar-refractivity contribution in [1.82, 2.24) is 0 Å². The van der Waals surface area contributed by atoms with Crippen molar-refractivity contribution >= 4 is 16.5 Å². The van der Waals surface area contributed by atoms with Crippen LogP contribution in [0.25, 0.3) is 10.8 Å². The fourth-order valence-corrected chi connectivity index (χ4v) is 2.14. The van der Waals surface area contributed by atoms with E-state index < -0.39 is 0 Å². The highest BCUT2D eigenvalue weighted by Crippen LogP contribution is 2.28. The van der Waals surface area contributed by atoms with Gasteiger partial charge in [-0.15, -0.1) is 0 Å². The van der Waals surface area contributed by atoms with Gasteiger partial charge in [0.1, 0.15) is 0 Å². The summed E-state index contributed by atoms with van der Waals surface area (Å²) in [6.07, 6.45) is 1.98. The molecule has 0 fully saturated rings. The predicted octanol–water partition coefficient (Wildman–Crippen LogP) is 1.52. The highest BCUT2D eigenvalue weighted by molar-refractivity contribution is 5.97. The van der Waals surface area contributed by atoms with Crippen LogP contribution in [-0.4, -0.2) is 14.1 Å². The first-order valence-electron chi connectivity index (χ1n) is 5.39. The molecule has 1 aromatic carbocycles. The third-order valence-electron chi connectivity index (χ3n) is 3.03. The molecule has 16 heavy (non-hydrogen) atoms. The molecule has 3 nitrogen and oxygen atoms in total. The monoisotopic (exact) mass is 216 g/mol. The molecule has 2 aromatic rings. The van der Waals surface area contributed by atoms with Gasteiger partial charge in [-0.25, -0.2) is 5.84 Å². The molecule has 0 radical (unpaired) electrons. The lowest BCUT2D eigenvalue weighted by Crippen LogP contribution is -2.47. The summed E-state index contributed by atoms with van der Waals surface area (Å²) < 4.78 is 1.69. The molecule has 0 bridgehead atoms. The van der Waals surface area contributed by atoms with Gasteiger partial charge in [-0.1, -0.05) is 10.7 Å². The van der Waals surface area contributed by atoms with Crippen LogP contribution in [-0.2, 0) is 0 Å². The maximum absolute atomic E-state index is 5.92. The molecular weight excluding hydrogens is 198 g/mol. The van der Waals surface area contributed by atoms with Crippen molar-refractivity contribution in [2.45, 2.75) is 13.8 Å². The minimum atomic E-state index is 1.09. The van der Waals surface area contributed by atoms with E-state index in [1.54, 1.807) is 4.68 Å². The molecule has 1 aromatic heterocycles. The van der Waals surface area contributed by atoms with Crippen LogP contribution >= 0.6 is 0 Å². The molecule has 0 aliphatic carbocycles. The lowest BCUT2D eigenvalue weighted by Gasteiger charge is -2.16.